The molecule has 0 fully saturated rings. The summed E-state index contributed by atoms with van der Waals surface area (Å²) in [5.41, 5.74) is 0.684. The van der Waals surface area contributed by atoms with Crippen molar-refractivity contribution < 1.29 is 17.6 Å². The van der Waals surface area contributed by atoms with Gasteiger partial charge in [0.1, 0.15) is 5.82 Å². The number of carbonyl (C=O) groups is 1. The van der Waals surface area contributed by atoms with Crippen LogP contribution in [0.4, 0.5) is 4.39 Å². The van der Waals surface area contributed by atoms with Gasteiger partial charge in [0, 0.05) is 15.8 Å². The molecule has 0 bridgehead atoms. The molecule has 1 atom stereocenters. The predicted octanol–water partition coefficient (Wildman–Crippen LogP) is 4.73. The minimum absolute atomic E-state index is 0.126. The molecule has 3 aromatic carbocycles. The molecule has 3 aromatic rings. The smallest absolute Gasteiger partial charge is 0.264 e. The van der Waals surface area contributed by atoms with Crippen LogP contribution in [0.2, 0.25) is 5.02 Å². The van der Waals surface area contributed by atoms with Gasteiger partial charge in [-0.25, -0.2) is 17.5 Å². The molecule has 1 aliphatic rings. The second kappa shape index (κ2) is 7.11. The van der Waals surface area contributed by atoms with Gasteiger partial charge in [0.05, 0.1) is 10.3 Å². The van der Waals surface area contributed by atoms with Gasteiger partial charge in [-0.05, 0) is 48.6 Å². The van der Waals surface area contributed by atoms with Gasteiger partial charge in [-0.15, -0.1) is 0 Å². The minimum Gasteiger partial charge on any atom is -0.273 e. The summed E-state index contributed by atoms with van der Waals surface area (Å²) in [5.74, 6) is -1.11. The third-order valence-corrected chi connectivity index (χ3v) is 7.57. The summed E-state index contributed by atoms with van der Waals surface area (Å²) < 4.78 is 42.5. The van der Waals surface area contributed by atoms with Gasteiger partial charge < -0.3 is 0 Å². The molecule has 150 valence electrons. The molecule has 1 unspecified atom stereocenters. The summed E-state index contributed by atoms with van der Waals surface area (Å²) in [6.07, 6.45) is 1.52. The molecule has 0 saturated carbocycles. The Morgan fingerprint density at radius 3 is 2.55 bits per heavy atom. The Morgan fingerprint density at radius 2 is 1.83 bits per heavy atom. The summed E-state index contributed by atoms with van der Waals surface area (Å²) in [5, 5.41) is 0.997. The summed E-state index contributed by atoms with van der Waals surface area (Å²) in [4.78, 5) is 13.1. The van der Waals surface area contributed by atoms with E-state index in [9.17, 15) is 17.6 Å². The van der Waals surface area contributed by atoms with Crippen molar-refractivity contribution in [1.29, 1.82) is 0 Å². The van der Waals surface area contributed by atoms with Crippen molar-refractivity contribution in [3.63, 3.8) is 0 Å². The zero-order chi connectivity index (χ0) is 20.8. The van der Waals surface area contributed by atoms with Crippen LogP contribution >= 0.6 is 11.6 Å². The zero-order valence-corrected chi connectivity index (χ0v) is 17.3. The fraction of sp³-hybridized carbons (Fsp3) is 0.227. The van der Waals surface area contributed by atoms with Crippen molar-refractivity contribution in [2.75, 3.05) is 0 Å². The molecular formula is C22H19ClFNO3S. The fourth-order valence-electron chi connectivity index (χ4n) is 4.24. The minimum atomic E-state index is -4.20. The van der Waals surface area contributed by atoms with Crippen molar-refractivity contribution in [2.24, 2.45) is 0 Å². The molecule has 1 N–H and O–H groups in total. The first-order chi connectivity index (χ1) is 13.8. The Kier molecular flexibility index (Phi) is 4.87. The van der Waals surface area contributed by atoms with Crippen LogP contribution in [-0.2, 0) is 26.7 Å². The molecule has 4 rings (SSSR count). The molecule has 0 aromatic heterocycles. The molecule has 4 nitrogen and oxygen atoms in total. The molecule has 0 aliphatic heterocycles. The van der Waals surface area contributed by atoms with Crippen LogP contribution in [0.25, 0.3) is 10.8 Å². The first-order valence-electron chi connectivity index (χ1n) is 9.32. The zero-order valence-electron chi connectivity index (χ0n) is 15.7. The van der Waals surface area contributed by atoms with Gasteiger partial charge in [-0.1, -0.05) is 54.9 Å². The first-order valence-corrected chi connectivity index (χ1v) is 11.2. The third-order valence-electron chi connectivity index (χ3n) is 5.82. The van der Waals surface area contributed by atoms with Crippen LogP contribution in [0.3, 0.4) is 0 Å². The maximum Gasteiger partial charge on any atom is 0.264 e. The second-order valence-electron chi connectivity index (χ2n) is 7.23. The first kappa shape index (κ1) is 19.9. The molecule has 1 aliphatic carbocycles. The standard InChI is InChI=1S/C22H19ClFNO3S/c1-2-22(13-12-16-17(22)8-5-9-18(16)23)21(26)25-29(27,28)20-11-10-19(24)14-6-3-4-7-15(14)20/h3-11H,2,12-13H2,1H3,(H,25,26). The highest BCUT2D eigenvalue weighted by Gasteiger charge is 2.45. The van der Waals surface area contributed by atoms with E-state index >= 15 is 0 Å². The monoisotopic (exact) mass is 431 g/mol. The number of benzene rings is 3. The van der Waals surface area contributed by atoms with Crippen LogP contribution in [0.15, 0.2) is 59.5 Å². The predicted molar refractivity (Wildman–Crippen MR) is 111 cm³/mol. The molecular weight excluding hydrogens is 413 g/mol. The number of nitrogens with one attached hydrogen (secondary N) is 1. The number of fused-ring (bicyclic) bond motifs is 2. The summed E-state index contributed by atoms with van der Waals surface area (Å²) in [6, 6.07) is 13.9. The van der Waals surface area contributed by atoms with E-state index in [0.29, 0.717) is 24.3 Å². The highest BCUT2D eigenvalue weighted by molar-refractivity contribution is 7.90. The van der Waals surface area contributed by atoms with Crippen LogP contribution in [0, 0.1) is 5.82 Å². The van der Waals surface area contributed by atoms with E-state index in [1.54, 1.807) is 24.3 Å². The van der Waals surface area contributed by atoms with Crippen LogP contribution in [0.5, 0.6) is 0 Å². The fourth-order valence-corrected chi connectivity index (χ4v) is 5.77. The van der Waals surface area contributed by atoms with Gasteiger partial charge in [0.2, 0.25) is 5.91 Å². The van der Waals surface area contributed by atoms with E-state index in [1.165, 1.54) is 18.2 Å². The number of hydrogen-bond acceptors (Lipinski definition) is 3. The molecule has 0 spiro atoms. The highest BCUT2D eigenvalue weighted by atomic mass is 35.5. The van der Waals surface area contributed by atoms with E-state index in [2.05, 4.69) is 4.72 Å². The summed E-state index contributed by atoms with van der Waals surface area (Å²) in [6.45, 7) is 1.86. The van der Waals surface area contributed by atoms with Crippen LogP contribution in [-0.4, -0.2) is 14.3 Å². The van der Waals surface area contributed by atoms with Gasteiger partial charge in [0.15, 0.2) is 0 Å². The Morgan fingerprint density at radius 1 is 1.10 bits per heavy atom. The molecule has 0 radical (unpaired) electrons. The van der Waals surface area contributed by atoms with E-state index in [1.807, 2.05) is 13.0 Å². The van der Waals surface area contributed by atoms with E-state index in [-0.39, 0.29) is 15.7 Å². The summed E-state index contributed by atoms with van der Waals surface area (Å²) >= 11 is 6.28. The molecule has 0 saturated heterocycles. The topological polar surface area (TPSA) is 63.2 Å². The molecule has 0 heterocycles. The molecule has 1 amide bonds. The third kappa shape index (κ3) is 3.11. The molecule has 29 heavy (non-hydrogen) atoms. The lowest BCUT2D eigenvalue weighted by Gasteiger charge is -2.28. The lowest BCUT2D eigenvalue weighted by Crippen LogP contribution is -2.45. The second-order valence-corrected chi connectivity index (χ2v) is 9.29. The Hall–Kier alpha value is -2.44. The highest BCUT2D eigenvalue weighted by Crippen LogP contribution is 2.44. The van der Waals surface area contributed by atoms with Crippen molar-refractivity contribution in [1.82, 2.24) is 4.72 Å². The maximum atomic E-state index is 14.1. The quantitative estimate of drug-likeness (QED) is 0.649. The number of carbonyl (C=O) groups excluding carboxylic acids is 1. The van der Waals surface area contributed by atoms with E-state index < -0.39 is 27.2 Å². The molecule has 7 heteroatoms. The Balaban J connectivity index is 1.76. The van der Waals surface area contributed by atoms with Gasteiger partial charge in [0.25, 0.3) is 10.0 Å². The SMILES string of the molecule is CCC1(C(=O)NS(=O)(=O)c2ccc(F)c3ccccc23)CCc2c(Cl)cccc21. The summed E-state index contributed by atoms with van der Waals surface area (Å²) in [7, 11) is -4.20. The van der Waals surface area contributed by atoms with Crippen molar-refractivity contribution >= 4 is 38.3 Å². The number of rotatable bonds is 4. The Bertz CT molecular complexity index is 1240. The van der Waals surface area contributed by atoms with Crippen LogP contribution < -0.4 is 4.72 Å². The van der Waals surface area contributed by atoms with Crippen molar-refractivity contribution in [2.45, 2.75) is 36.5 Å². The van der Waals surface area contributed by atoms with Gasteiger partial charge in [-0.3, -0.25) is 4.79 Å². The number of sulfonamides is 1. The largest absolute Gasteiger partial charge is 0.273 e. The number of amides is 1. The van der Waals surface area contributed by atoms with Gasteiger partial charge >= 0.3 is 0 Å². The normalized spacial score (nSPS) is 18.6. The van der Waals surface area contributed by atoms with E-state index in [4.69, 9.17) is 11.6 Å². The Labute approximate surface area is 173 Å². The van der Waals surface area contributed by atoms with Gasteiger partial charge in [-0.2, -0.15) is 0 Å². The van der Waals surface area contributed by atoms with Crippen molar-refractivity contribution in [3.05, 3.63) is 76.6 Å². The average molecular weight is 432 g/mol. The maximum absolute atomic E-state index is 14.1. The van der Waals surface area contributed by atoms with E-state index in [0.717, 1.165) is 17.2 Å². The number of hydrogen-bond donors (Lipinski definition) is 1. The average Bonchev–Trinajstić information content (AvgIpc) is 3.09. The lowest BCUT2D eigenvalue weighted by molar-refractivity contribution is -0.125. The van der Waals surface area contributed by atoms with Crippen LogP contribution in [0.1, 0.15) is 30.9 Å². The van der Waals surface area contributed by atoms with Crippen molar-refractivity contribution in [3.8, 4) is 0 Å². The lowest BCUT2D eigenvalue weighted by atomic mass is 9.79. The number of halogens is 2.